The molecule has 3 heteroatoms. The van der Waals surface area contributed by atoms with E-state index in [2.05, 4.69) is 29.0 Å². The van der Waals surface area contributed by atoms with Crippen LogP contribution in [0, 0.1) is 5.41 Å². The van der Waals surface area contributed by atoms with Crippen molar-refractivity contribution in [2.75, 3.05) is 52.4 Å². The van der Waals surface area contributed by atoms with Crippen molar-refractivity contribution in [1.82, 2.24) is 15.1 Å². The molecule has 0 aromatic carbocycles. The zero-order chi connectivity index (χ0) is 15.0. The van der Waals surface area contributed by atoms with Gasteiger partial charge in [0.25, 0.3) is 0 Å². The molecule has 0 unspecified atom stereocenters. The Morgan fingerprint density at radius 1 is 0.857 bits per heavy atom. The highest BCUT2D eigenvalue weighted by atomic mass is 15.3. The van der Waals surface area contributed by atoms with Crippen LogP contribution in [0.1, 0.15) is 58.8 Å². The van der Waals surface area contributed by atoms with Crippen LogP contribution in [0.5, 0.6) is 0 Å². The highest BCUT2D eigenvalue weighted by molar-refractivity contribution is 4.89. The van der Waals surface area contributed by atoms with E-state index >= 15 is 0 Å². The van der Waals surface area contributed by atoms with E-state index in [9.17, 15) is 0 Å². The minimum absolute atomic E-state index is 0.570. The van der Waals surface area contributed by atoms with Gasteiger partial charge in [0.15, 0.2) is 0 Å². The molecule has 2 rings (SSSR count). The second-order valence-corrected chi connectivity index (χ2v) is 7.36. The molecule has 1 aliphatic heterocycles. The predicted octanol–water partition coefficient (Wildman–Crippen LogP) is 2.96. The van der Waals surface area contributed by atoms with Gasteiger partial charge in [-0.15, -0.1) is 0 Å². The molecule has 124 valence electrons. The van der Waals surface area contributed by atoms with Crippen LogP contribution >= 0.6 is 0 Å². The first-order valence-corrected chi connectivity index (χ1v) is 9.43. The van der Waals surface area contributed by atoms with E-state index in [1.165, 1.54) is 97.3 Å². The van der Waals surface area contributed by atoms with E-state index in [4.69, 9.17) is 0 Å². The van der Waals surface area contributed by atoms with Crippen molar-refractivity contribution in [3.8, 4) is 0 Å². The van der Waals surface area contributed by atoms with Gasteiger partial charge in [-0.05, 0) is 44.2 Å². The van der Waals surface area contributed by atoms with Gasteiger partial charge in [0.1, 0.15) is 0 Å². The SMILES string of the molecule is CCCNCC1(CN2CCN(CCC)CC2)CCCCC1. The molecule has 2 fully saturated rings. The quantitative estimate of drug-likeness (QED) is 0.695. The number of hydrogen-bond donors (Lipinski definition) is 1. The summed E-state index contributed by atoms with van der Waals surface area (Å²) in [6, 6.07) is 0. The van der Waals surface area contributed by atoms with E-state index < -0.39 is 0 Å². The Bertz CT molecular complexity index is 266. The largest absolute Gasteiger partial charge is 0.316 e. The van der Waals surface area contributed by atoms with Crippen molar-refractivity contribution in [1.29, 1.82) is 0 Å². The summed E-state index contributed by atoms with van der Waals surface area (Å²) in [4.78, 5) is 5.39. The lowest BCUT2D eigenvalue weighted by molar-refractivity contribution is 0.0621. The van der Waals surface area contributed by atoms with Crippen molar-refractivity contribution in [3.63, 3.8) is 0 Å². The highest BCUT2D eigenvalue weighted by Crippen LogP contribution is 2.36. The van der Waals surface area contributed by atoms with E-state index in [1.807, 2.05) is 0 Å². The standard InChI is InChI=1S/C18H37N3/c1-3-10-19-16-18(8-6-5-7-9-18)17-21-14-12-20(11-4-2)13-15-21/h19H,3-17H2,1-2H3. The van der Waals surface area contributed by atoms with E-state index in [-0.39, 0.29) is 0 Å². The number of nitrogens with zero attached hydrogens (tertiary/aromatic N) is 2. The van der Waals surface area contributed by atoms with Crippen LogP contribution in [-0.4, -0.2) is 62.2 Å². The van der Waals surface area contributed by atoms with Crippen LogP contribution in [0.2, 0.25) is 0 Å². The molecule has 21 heavy (non-hydrogen) atoms. The molecule has 0 bridgehead atoms. The maximum absolute atomic E-state index is 3.73. The Labute approximate surface area is 132 Å². The van der Waals surface area contributed by atoms with Gasteiger partial charge in [-0.2, -0.15) is 0 Å². The molecule has 0 amide bonds. The fourth-order valence-corrected chi connectivity index (χ4v) is 4.18. The molecular weight excluding hydrogens is 258 g/mol. The van der Waals surface area contributed by atoms with Crippen LogP contribution in [0.4, 0.5) is 0 Å². The molecule has 1 aliphatic carbocycles. The summed E-state index contributed by atoms with van der Waals surface area (Å²) in [5.74, 6) is 0. The lowest BCUT2D eigenvalue weighted by atomic mass is 9.73. The first kappa shape index (κ1) is 17.2. The molecule has 0 aromatic rings. The van der Waals surface area contributed by atoms with E-state index in [0.717, 1.165) is 0 Å². The van der Waals surface area contributed by atoms with Crippen molar-refractivity contribution in [3.05, 3.63) is 0 Å². The van der Waals surface area contributed by atoms with Crippen LogP contribution in [0.25, 0.3) is 0 Å². The Morgan fingerprint density at radius 3 is 2.14 bits per heavy atom. The number of hydrogen-bond acceptors (Lipinski definition) is 3. The van der Waals surface area contributed by atoms with Gasteiger partial charge < -0.3 is 15.1 Å². The molecule has 3 nitrogen and oxygen atoms in total. The second-order valence-electron chi connectivity index (χ2n) is 7.36. The maximum Gasteiger partial charge on any atom is 0.0110 e. The van der Waals surface area contributed by atoms with Gasteiger partial charge >= 0.3 is 0 Å². The summed E-state index contributed by atoms with van der Waals surface area (Å²) in [5.41, 5.74) is 0.570. The van der Waals surface area contributed by atoms with Gasteiger partial charge in [0.2, 0.25) is 0 Å². The molecular formula is C18H37N3. The minimum Gasteiger partial charge on any atom is -0.316 e. The van der Waals surface area contributed by atoms with Gasteiger partial charge in [0.05, 0.1) is 0 Å². The highest BCUT2D eigenvalue weighted by Gasteiger charge is 2.34. The third kappa shape index (κ3) is 5.54. The molecule has 0 atom stereocenters. The number of rotatable bonds is 8. The average Bonchev–Trinajstić information content (AvgIpc) is 2.51. The zero-order valence-corrected chi connectivity index (χ0v) is 14.5. The molecule has 1 N–H and O–H groups in total. The van der Waals surface area contributed by atoms with E-state index in [1.54, 1.807) is 0 Å². The normalized spacial score (nSPS) is 24.3. The average molecular weight is 296 g/mol. The molecule has 1 heterocycles. The predicted molar refractivity (Wildman–Crippen MR) is 91.8 cm³/mol. The van der Waals surface area contributed by atoms with Crippen molar-refractivity contribution >= 4 is 0 Å². The van der Waals surface area contributed by atoms with Gasteiger partial charge in [-0.1, -0.05) is 33.1 Å². The number of piperazine rings is 1. The van der Waals surface area contributed by atoms with Gasteiger partial charge in [-0.25, -0.2) is 0 Å². The molecule has 0 radical (unpaired) electrons. The van der Waals surface area contributed by atoms with Crippen molar-refractivity contribution in [2.45, 2.75) is 58.8 Å². The van der Waals surface area contributed by atoms with Gasteiger partial charge in [0, 0.05) is 39.3 Å². The monoisotopic (exact) mass is 295 g/mol. The summed E-state index contributed by atoms with van der Waals surface area (Å²) in [5, 5.41) is 3.73. The third-order valence-electron chi connectivity index (χ3n) is 5.40. The minimum atomic E-state index is 0.570. The Balaban J connectivity index is 1.81. The van der Waals surface area contributed by atoms with Crippen molar-refractivity contribution in [2.24, 2.45) is 5.41 Å². The van der Waals surface area contributed by atoms with Crippen LogP contribution < -0.4 is 5.32 Å². The van der Waals surface area contributed by atoms with Crippen LogP contribution in [0.3, 0.4) is 0 Å². The Morgan fingerprint density at radius 2 is 1.52 bits per heavy atom. The Kier molecular flexibility index (Phi) is 7.48. The summed E-state index contributed by atoms with van der Waals surface area (Å²) in [7, 11) is 0. The molecule has 1 saturated heterocycles. The molecule has 0 spiro atoms. The zero-order valence-electron chi connectivity index (χ0n) is 14.5. The lowest BCUT2D eigenvalue weighted by Crippen LogP contribution is -2.52. The maximum atomic E-state index is 3.73. The van der Waals surface area contributed by atoms with Crippen LogP contribution in [0.15, 0.2) is 0 Å². The summed E-state index contributed by atoms with van der Waals surface area (Å²) < 4.78 is 0. The number of nitrogens with one attached hydrogen (secondary N) is 1. The lowest BCUT2D eigenvalue weighted by Gasteiger charge is -2.44. The summed E-state index contributed by atoms with van der Waals surface area (Å²) in [6.45, 7) is 14.8. The second kappa shape index (κ2) is 9.12. The molecule has 0 aromatic heterocycles. The van der Waals surface area contributed by atoms with E-state index in [0.29, 0.717) is 5.41 Å². The fraction of sp³-hybridized carbons (Fsp3) is 1.00. The smallest absolute Gasteiger partial charge is 0.0110 e. The first-order valence-electron chi connectivity index (χ1n) is 9.43. The third-order valence-corrected chi connectivity index (χ3v) is 5.40. The summed E-state index contributed by atoms with van der Waals surface area (Å²) in [6.07, 6.45) is 9.79. The van der Waals surface area contributed by atoms with Crippen molar-refractivity contribution < 1.29 is 0 Å². The van der Waals surface area contributed by atoms with Gasteiger partial charge in [-0.3, -0.25) is 0 Å². The molecule has 1 saturated carbocycles. The summed E-state index contributed by atoms with van der Waals surface area (Å²) >= 11 is 0. The topological polar surface area (TPSA) is 18.5 Å². The Hall–Kier alpha value is -0.120. The molecule has 2 aliphatic rings. The first-order chi connectivity index (χ1) is 10.3. The van der Waals surface area contributed by atoms with Crippen LogP contribution in [-0.2, 0) is 0 Å². The fourth-order valence-electron chi connectivity index (χ4n) is 4.18.